The Balaban J connectivity index is 4.62. The Morgan fingerprint density at radius 3 is 2.08 bits per heavy atom. The van der Waals surface area contributed by atoms with Crippen molar-refractivity contribution in [3.63, 3.8) is 0 Å². The number of hydrogen-bond donors (Lipinski definition) is 0. The Kier molecular flexibility index (Phi) is 4.57. The van der Waals surface area contributed by atoms with Crippen molar-refractivity contribution in [2.24, 2.45) is 5.41 Å². The van der Waals surface area contributed by atoms with Crippen LogP contribution in [0.1, 0.15) is 34.6 Å². The van der Waals surface area contributed by atoms with Crippen LogP contribution in [0.15, 0.2) is 11.6 Å². The highest BCUT2D eigenvalue weighted by molar-refractivity contribution is 6.02. The van der Waals surface area contributed by atoms with Gasteiger partial charge in [-0.2, -0.15) is 0 Å². The van der Waals surface area contributed by atoms with Crippen LogP contribution in [0, 0.1) is 5.41 Å². The van der Waals surface area contributed by atoms with E-state index in [0.717, 1.165) is 5.57 Å². The quantitative estimate of drug-likeness (QED) is 0.506. The fourth-order valence-corrected chi connectivity index (χ4v) is 2.20. The van der Waals surface area contributed by atoms with Crippen LogP contribution in [-0.2, 0) is 9.22 Å². The highest BCUT2D eigenvalue weighted by atomic mass is 28.2. The summed E-state index contributed by atoms with van der Waals surface area (Å²) in [6, 6.07) is 0. The van der Waals surface area contributed by atoms with E-state index >= 15 is 0 Å². The van der Waals surface area contributed by atoms with Crippen LogP contribution in [0.2, 0.25) is 0 Å². The third kappa shape index (κ3) is 4.38. The molecule has 76 valence electrons. The largest absolute Gasteiger partial charge is 0.417 e. The third-order valence-corrected chi connectivity index (χ3v) is 2.18. The van der Waals surface area contributed by atoms with Gasteiger partial charge in [-0.05, 0) is 25.3 Å². The number of allylic oxidation sites excluding steroid dienone is 1. The zero-order valence-electron chi connectivity index (χ0n) is 9.47. The van der Waals surface area contributed by atoms with Crippen LogP contribution in [-0.4, -0.2) is 22.4 Å². The summed E-state index contributed by atoms with van der Waals surface area (Å²) >= 11 is 0. The molecule has 0 aliphatic carbocycles. The Bertz CT molecular complexity index is 209. The van der Waals surface area contributed by atoms with Gasteiger partial charge in [0.2, 0.25) is 0 Å². The molecule has 1 atom stereocenters. The van der Waals surface area contributed by atoms with Gasteiger partial charge in [-0.15, -0.1) is 0 Å². The first-order valence-electron chi connectivity index (χ1n) is 4.50. The standard InChI is InChI=1S/C10H20O2Si/c1-7(2)6-8(11)9(12-13)10(3,4)5/h6,9H,1-5,13H3. The first-order valence-corrected chi connectivity index (χ1v) is 5.32. The molecule has 0 spiro atoms. The predicted octanol–water partition coefficient (Wildman–Crippen LogP) is 1.23. The lowest BCUT2D eigenvalue weighted by molar-refractivity contribution is -0.125. The molecule has 0 bridgehead atoms. The Morgan fingerprint density at radius 2 is 1.85 bits per heavy atom. The molecule has 0 fully saturated rings. The minimum absolute atomic E-state index is 0.0856. The van der Waals surface area contributed by atoms with Crippen molar-refractivity contribution >= 4 is 16.3 Å². The average molecular weight is 200 g/mol. The molecule has 0 aliphatic rings. The van der Waals surface area contributed by atoms with E-state index in [0.29, 0.717) is 10.5 Å². The number of ketones is 1. The summed E-state index contributed by atoms with van der Waals surface area (Å²) in [5.41, 5.74) is 0.920. The van der Waals surface area contributed by atoms with Crippen LogP contribution in [0.4, 0.5) is 0 Å². The molecular formula is C10H20O2Si. The molecular weight excluding hydrogens is 180 g/mol. The zero-order valence-corrected chi connectivity index (χ0v) is 11.5. The average Bonchev–Trinajstić information content (AvgIpc) is 1.82. The highest BCUT2D eigenvalue weighted by Gasteiger charge is 2.28. The topological polar surface area (TPSA) is 26.3 Å². The van der Waals surface area contributed by atoms with Gasteiger partial charge >= 0.3 is 0 Å². The van der Waals surface area contributed by atoms with Gasteiger partial charge in [-0.1, -0.05) is 26.3 Å². The first-order chi connectivity index (χ1) is 5.79. The molecule has 0 aliphatic heterocycles. The molecule has 0 aromatic rings. The van der Waals surface area contributed by atoms with Crippen LogP contribution in [0.5, 0.6) is 0 Å². The summed E-state index contributed by atoms with van der Waals surface area (Å²) in [4.78, 5) is 11.7. The summed E-state index contributed by atoms with van der Waals surface area (Å²) < 4.78 is 5.32. The predicted molar refractivity (Wildman–Crippen MR) is 58.7 cm³/mol. The van der Waals surface area contributed by atoms with E-state index in [1.165, 1.54) is 0 Å². The van der Waals surface area contributed by atoms with Gasteiger partial charge in [0, 0.05) is 0 Å². The van der Waals surface area contributed by atoms with E-state index in [4.69, 9.17) is 4.43 Å². The molecule has 1 unspecified atom stereocenters. The number of rotatable bonds is 3. The lowest BCUT2D eigenvalue weighted by atomic mass is 9.86. The van der Waals surface area contributed by atoms with E-state index in [1.54, 1.807) is 6.08 Å². The van der Waals surface area contributed by atoms with E-state index in [-0.39, 0.29) is 17.3 Å². The number of carbonyl (C=O) groups excluding carboxylic acids is 1. The van der Waals surface area contributed by atoms with Crippen molar-refractivity contribution in [3.05, 3.63) is 11.6 Å². The van der Waals surface area contributed by atoms with Crippen molar-refractivity contribution in [1.29, 1.82) is 0 Å². The zero-order chi connectivity index (χ0) is 10.6. The fourth-order valence-electron chi connectivity index (χ4n) is 1.26. The summed E-state index contributed by atoms with van der Waals surface area (Å²) in [7, 11) is 0.601. The smallest absolute Gasteiger partial charge is 0.183 e. The van der Waals surface area contributed by atoms with Crippen LogP contribution >= 0.6 is 0 Å². The van der Waals surface area contributed by atoms with Crippen LogP contribution < -0.4 is 0 Å². The Labute approximate surface area is 83.9 Å². The second-order valence-electron chi connectivity index (χ2n) is 4.61. The molecule has 0 amide bonds. The summed E-state index contributed by atoms with van der Waals surface area (Å²) in [6.07, 6.45) is 1.38. The lowest BCUT2D eigenvalue weighted by Gasteiger charge is -2.27. The lowest BCUT2D eigenvalue weighted by Crippen LogP contribution is -2.35. The van der Waals surface area contributed by atoms with Crippen molar-refractivity contribution < 1.29 is 9.22 Å². The molecule has 0 heterocycles. The van der Waals surface area contributed by atoms with Crippen molar-refractivity contribution in [2.45, 2.75) is 40.7 Å². The molecule has 3 heteroatoms. The van der Waals surface area contributed by atoms with Gasteiger partial charge in [-0.25, -0.2) is 0 Å². The van der Waals surface area contributed by atoms with Gasteiger partial charge in [-0.3, -0.25) is 4.79 Å². The summed E-state index contributed by atoms with van der Waals surface area (Å²) in [6.45, 7) is 9.90. The van der Waals surface area contributed by atoms with E-state index in [2.05, 4.69) is 0 Å². The van der Waals surface area contributed by atoms with E-state index in [9.17, 15) is 4.79 Å². The summed E-state index contributed by atoms with van der Waals surface area (Å²) in [5, 5.41) is 0. The maximum absolute atomic E-state index is 11.7. The van der Waals surface area contributed by atoms with Gasteiger partial charge in [0.25, 0.3) is 0 Å². The molecule has 13 heavy (non-hydrogen) atoms. The minimum Gasteiger partial charge on any atom is -0.417 e. The number of carbonyl (C=O) groups is 1. The van der Waals surface area contributed by atoms with Gasteiger partial charge < -0.3 is 4.43 Å². The summed E-state index contributed by atoms with van der Waals surface area (Å²) in [5.74, 6) is 0.0856. The molecule has 0 N–H and O–H groups in total. The van der Waals surface area contributed by atoms with Gasteiger partial charge in [0.15, 0.2) is 5.78 Å². The van der Waals surface area contributed by atoms with Crippen LogP contribution in [0.3, 0.4) is 0 Å². The Hall–Kier alpha value is -0.413. The molecule has 0 rings (SSSR count). The molecule has 2 nitrogen and oxygen atoms in total. The maximum atomic E-state index is 11.7. The Morgan fingerprint density at radius 1 is 1.38 bits per heavy atom. The van der Waals surface area contributed by atoms with Crippen molar-refractivity contribution in [1.82, 2.24) is 0 Å². The van der Waals surface area contributed by atoms with Crippen LogP contribution in [0.25, 0.3) is 0 Å². The molecule has 0 aromatic carbocycles. The SMILES string of the molecule is CC(C)=CC(=O)C(O[SiH3])C(C)(C)C. The molecule has 0 aromatic heterocycles. The second-order valence-corrected chi connectivity index (χ2v) is 5.08. The first kappa shape index (κ1) is 12.6. The van der Waals surface area contributed by atoms with E-state index < -0.39 is 0 Å². The van der Waals surface area contributed by atoms with Crippen molar-refractivity contribution in [2.75, 3.05) is 0 Å². The number of hydrogen-bond acceptors (Lipinski definition) is 2. The minimum atomic E-state index is -0.283. The molecule has 0 radical (unpaired) electrons. The van der Waals surface area contributed by atoms with Gasteiger partial charge in [0.05, 0.1) is 0 Å². The second kappa shape index (κ2) is 4.72. The van der Waals surface area contributed by atoms with Crippen molar-refractivity contribution in [3.8, 4) is 0 Å². The molecule has 0 saturated carbocycles. The normalized spacial score (nSPS) is 13.9. The third-order valence-electron chi connectivity index (χ3n) is 1.71. The highest BCUT2D eigenvalue weighted by Crippen LogP contribution is 2.22. The van der Waals surface area contributed by atoms with E-state index in [1.807, 2.05) is 34.6 Å². The van der Waals surface area contributed by atoms with Gasteiger partial charge in [0.1, 0.15) is 16.6 Å². The maximum Gasteiger partial charge on any atom is 0.183 e. The monoisotopic (exact) mass is 200 g/mol. The molecule has 0 saturated heterocycles. The fraction of sp³-hybridized carbons (Fsp3) is 0.700.